The van der Waals surface area contributed by atoms with Gasteiger partial charge in [0, 0.05) is 12.6 Å². The van der Waals surface area contributed by atoms with E-state index in [-0.39, 0.29) is 12.2 Å². The molecule has 2 aromatic rings. The molecule has 0 aliphatic rings. The zero-order valence-corrected chi connectivity index (χ0v) is 10.2. The van der Waals surface area contributed by atoms with Crippen molar-refractivity contribution < 1.29 is 17.9 Å². The summed E-state index contributed by atoms with van der Waals surface area (Å²) in [5.41, 5.74) is 0.755. The van der Waals surface area contributed by atoms with Gasteiger partial charge in [-0.05, 0) is 29.8 Å². The Hall–Kier alpha value is -2.17. The lowest BCUT2D eigenvalue weighted by atomic mass is 10.2. The SMILES string of the molecule is COc1ccc(F)c(NCc2ccc(F)c(F)c2)c1. The van der Waals surface area contributed by atoms with Gasteiger partial charge in [-0.2, -0.15) is 0 Å². The molecule has 0 fully saturated rings. The Morgan fingerprint density at radius 1 is 0.947 bits per heavy atom. The zero-order chi connectivity index (χ0) is 13.8. The van der Waals surface area contributed by atoms with Crippen LogP contribution in [0.25, 0.3) is 0 Å². The summed E-state index contributed by atoms with van der Waals surface area (Å²) in [6.07, 6.45) is 0. The molecule has 0 saturated carbocycles. The van der Waals surface area contributed by atoms with Gasteiger partial charge in [-0.3, -0.25) is 0 Å². The second kappa shape index (κ2) is 5.65. The van der Waals surface area contributed by atoms with E-state index < -0.39 is 17.5 Å². The van der Waals surface area contributed by atoms with Crippen LogP contribution >= 0.6 is 0 Å². The van der Waals surface area contributed by atoms with E-state index in [4.69, 9.17) is 4.74 Å². The first-order chi connectivity index (χ1) is 9.10. The van der Waals surface area contributed by atoms with E-state index in [0.717, 1.165) is 12.1 Å². The maximum atomic E-state index is 13.5. The summed E-state index contributed by atoms with van der Waals surface area (Å²) in [5.74, 6) is -1.76. The van der Waals surface area contributed by atoms with Crippen LogP contribution < -0.4 is 10.1 Å². The van der Waals surface area contributed by atoms with Crippen LogP contribution in [0.5, 0.6) is 5.75 Å². The molecule has 2 nitrogen and oxygen atoms in total. The van der Waals surface area contributed by atoms with Gasteiger partial charge in [-0.1, -0.05) is 6.07 Å². The van der Waals surface area contributed by atoms with E-state index in [2.05, 4.69) is 5.32 Å². The van der Waals surface area contributed by atoms with Gasteiger partial charge in [0.15, 0.2) is 11.6 Å². The minimum atomic E-state index is -0.926. The Kier molecular flexibility index (Phi) is 3.94. The van der Waals surface area contributed by atoms with Crippen LogP contribution in [-0.2, 0) is 6.54 Å². The highest BCUT2D eigenvalue weighted by Gasteiger charge is 2.06. The zero-order valence-electron chi connectivity index (χ0n) is 10.2. The van der Waals surface area contributed by atoms with Crippen LogP contribution in [0.1, 0.15) is 5.56 Å². The molecule has 2 aromatic carbocycles. The van der Waals surface area contributed by atoms with Crippen molar-refractivity contribution >= 4 is 5.69 Å². The van der Waals surface area contributed by atoms with Gasteiger partial charge >= 0.3 is 0 Å². The van der Waals surface area contributed by atoms with Crippen molar-refractivity contribution in [1.29, 1.82) is 0 Å². The number of hydrogen-bond acceptors (Lipinski definition) is 2. The van der Waals surface area contributed by atoms with E-state index in [1.807, 2.05) is 0 Å². The fourth-order valence-electron chi connectivity index (χ4n) is 1.61. The topological polar surface area (TPSA) is 21.3 Å². The van der Waals surface area contributed by atoms with Gasteiger partial charge < -0.3 is 10.1 Å². The molecule has 0 radical (unpaired) electrons. The van der Waals surface area contributed by atoms with Crippen molar-refractivity contribution in [3.8, 4) is 5.75 Å². The summed E-state index contributed by atoms with van der Waals surface area (Å²) < 4.78 is 44.2. The maximum Gasteiger partial charge on any atom is 0.159 e. The summed E-state index contributed by atoms with van der Waals surface area (Å²) in [5, 5.41) is 2.81. The van der Waals surface area contributed by atoms with Crippen LogP contribution in [0.2, 0.25) is 0 Å². The van der Waals surface area contributed by atoms with Crippen molar-refractivity contribution in [1.82, 2.24) is 0 Å². The molecule has 0 spiro atoms. The maximum absolute atomic E-state index is 13.5. The van der Waals surface area contributed by atoms with Gasteiger partial charge in [-0.15, -0.1) is 0 Å². The number of anilines is 1. The summed E-state index contributed by atoms with van der Waals surface area (Å²) in [6.45, 7) is 0.182. The summed E-state index contributed by atoms with van der Waals surface area (Å²) in [6, 6.07) is 7.80. The molecule has 0 amide bonds. The Morgan fingerprint density at radius 2 is 1.68 bits per heavy atom. The third kappa shape index (κ3) is 3.19. The Labute approximate surface area is 108 Å². The molecular weight excluding hydrogens is 255 g/mol. The Morgan fingerprint density at radius 3 is 2.37 bits per heavy atom. The van der Waals surface area contributed by atoms with Crippen molar-refractivity contribution in [2.45, 2.75) is 6.54 Å². The average Bonchev–Trinajstić information content (AvgIpc) is 2.41. The number of methoxy groups -OCH3 is 1. The van der Waals surface area contributed by atoms with Crippen LogP contribution in [0, 0.1) is 17.5 Å². The van der Waals surface area contributed by atoms with E-state index >= 15 is 0 Å². The molecule has 5 heteroatoms. The summed E-state index contributed by atoms with van der Waals surface area (Å²) >= 11 is 0. The Bertz CT molecular complexity index is 587. The molecule has 19 heavy (non-hydrogen) atoms. The van der Waals surface area contributed by atoms with E-state index in [1.165, 1.54) is 31.4 Å². The fourth-order valence-corrected chi connectivity index (χ4v) is 1.61. The van der Waals surface area contributed by atoms with Crippen molar-refractivity contribution in [2.24, 2.45) is 0 Å². The van der Waals surface area contributed by atoms with Crippen LogP contribution in [0.15, 0.2) is 36.4 Å². The van der Waals surface area contributed by atoms with Crippen molar-refractivity contribution in [3.63, 3.8) is 0 Å². The first-order valence-electron chi connectivity index (χ1n) is 5.61. The normalized spacial score (nSPS) is 10.3. The highest BCUT2D eigenvalue weighted by Crippen LogP contribution is 2.21. The lowest BCUT2D eigenvalue weighted by Gasteiger charge is -2.09. The van der Waals surface area contributed by atoms with Gasteiger partial charge in [0.2, 0.25) is 0 Å². The fraction of sp³-hybridized carbons (Fsp3) is 0.143. The highest BCUT2D eigenvalue weighted by molar-refractivity contribution is 5.50. The second-order valence-corrected chi connectivity index (χ2v) is 3.95. The molecule has 0 aliphatic heterocycles. The molecule has 100 valence electrons. The predicted octanol–water partition coefficient (Wildman–Crippen LogP) is 3.72. The van der Waals surface area contributed by atoms with Crippen LogP contribution in [0.4, 0.5) is 18.9 Å². The number of ether oxygens (including phenoxy) is 1. The number of nitrogens with one attached hydrogen (secondary N) is 1. The summed E-state index contributed by atoms with van der Waals surface area (Å²) in [7, 11) is 1.48. The minimum absolute atomic E-state index is 0.182. The lowest BCUT2D eigenvalue weighted by Crippen LogP contribution is -2.02. The first-order valence-corrected chi connectivity index (χ1v) is 5.61. The second-order valence-electron chi connectivity index (χ2n) is 3.95. The highest BCUT2D eigenvalue weighted by atomic mass is 19.2. The monoisotopic (exact) mass is 267 g/mol. The van der Waals surface area contributed by atoms with Crippen LogP contribution in [-0.4, -0.2) is 7.11 Å². The van der Waals surface area contributed by atoms with Gasteiger partial charge in [0.25, 0.3) is 0 Å². The smallest absolute Gasteiger partial charge is 0.159 e. The number of benzene rings is 2. The van der Waals surface area contributed by atoms with E-state index in [9.17, 15) is 13.2 Å². The average molecular weight is 267 g/mol. The third-order valence-electron chi connectivity index (χ3n) is 2.64. The predicted molar refractivity (Wildman–Crippen MR) is 66.6 cm³/mol. The molecule has 0 aliphatic carbocycles. The molecule has 2 rings (SSSR count). The number of rotatable bonds is 4. The van der Waals surface area contributed by atoms with E-state index in [0.29, 0.717) is 11.3 Å². The van der Waals surface area contributed by atoms with Crippen molar-refractivity contribution in [2.75, 3.05) is 12.4 Å². The quantitative estimate of drug-likeness (QED) is 0.911. The third-order valence-corrected chi connectivity index (χ3v) is 2.64. The molecule has 0 heterocycles. The minimum Gasteiger partial charge on any atom is -0.497 e. The van der Waals surface area contributed by atoms with Crippen LogP contribution in [0.3, 0.4) is 0 Å². The van der Waals surface area contributed by atoms with Crippen molar-refractivity contribution in [3.05, 3.63) is 59.4 Å². The molecule has 0 saturated heterocycles. The van der Waals surface area contributed by atoms with Gasteiger partial charge in [0.1, 0.15) is 11.6 Å². The van der Waals surface area contributed by atoms with Gasteiger partial charge in [-0.25, -0.2) is 13.2 Å². The molecule has 0 atom stereocenters. The Balaban J connectivity index is 2.11. The van der Waals surface area contributed by atoms with E-state index in [1.54, 1.807) is 0 Å². The summed E-state index contributed by atoms with van der Waals surface area (Å²) in [4.78, 5) is 0. The van der Waals surface area contributed by atoms with Gasteiger partial charge in [0.05, 0.1) is 12.8 Å². The molecule has 0 unspecified atom stereocenters. The lowest BCUT2D eigenvalue weighted by molar-refractivity contribution is 0.414. The number of halogens is 3. The standard InChI is InChI=1S/C14H12F3NO/c1-19-10-3-5-12(16)14(7-10)18-8-9-2-4-11(15)13(17)6-9/h2-7,18H,8H2,1H3. The molecular formula is C14H12F3NO. The molecule has 0 bridgehead atoms. The molecule has 1 N–H and O–H groups in total. The first kappa shape index (κ1) is 13.3. The largest absolute Gasteiger partial charge is 0.497 e. The number of hydrogen-bond donors (Lipinski definition) is 1. The molecule has 0 aromatic heterocycles.